The van der Waals surface area contributed by atoms with Crippen molar-refractivity contribution in [3.8, 4) is 5.75 Å². The minimum Gasteiger partial charge on any atom is -0.482 e. The molecule has 0 aliphatic carbocycles. The number of hydrogen-bond acceptors (Lipinski definition) is 4. The molecule has 1 aromatic carbocycles. The summed E-state index contributed by atoms with van der Waals surface area (Å²) < 4.78 is 5.31. The van der Waals surface area contributed by atoms with Crippen LogP contribution in [-0.2, 0) is 4.79 Å². The number of benzene rings is 1. The number of piperidine rings is 1. The van der Waals surface area contributed by atoms with Crippen molar-refractivity contribution in [2.24, 2.45) is 11.7 Å². The first-order chi connectivity index (χ1) is 10.5. The molecule has 2 amide bonds. The second-order valence-electron chi connectivity index (χ2n) is 6.06. The summed E-state index contributed by atoms with van der Waals surface area (Å²) in [6.45, 7) is 3.45. The lowest BCUT2D eigenvalue weighted by molar-refractivity contribution is -0.118. The van der Waals surface area contributed by atoms with E-state index < -0.39 is 0 Å². The van der Waals surface area contributed by atoms with E-state index in [0.29, 0.717) is 29.5 Å². The highest BCUT2D eigenvalue weighted by Gasteiger charge is 2.27. The molecule has 0 spiro atoms. The van der Waals surface area contributed by atoms with Crippen molar-refractivity contribution in [2.75, 3.05) is 25.0 Å². The molecule has 2 unspecified atom stereocenters. The zero-order chi connectivity index (χ0) is 15.7. The van der Waals surface area contributed by atoms with Crippen LogP contribution in [0.4, 0.5) is 5.69 Å². The standard InChI is InChI=1S/C16H21N3O3/c1-10(17)12-3-2-6-19(8-12)16(21)11-4-5-14-13(7-11)18-15(20)9-22-14/h4-5,7,10,12H,2-3,6,8-9,17H2,1H3,(H,18,20). The number of likely N-dealkylation sites (tertiary alicyclic amines) is 1. The van der Waals surface area contributed by atoms with Crippen molar-refractivity contribution in [3.05, 3.63) is 23.8 Å². The van der Waals surface area contributed by atoms with E-state index in [1.54, 1.807) is 18.2 Å². The molecule has 1 fully saturated rings. The van der Waals surface area contributed by atoms with Crippen LogP contribution in [0.5, 0.6) is 5.75 Å². The summed E-state index contributed by atoms with van der Waals surface area (Å²) in [7, 11) is 0. The molecule has 2 atom stereocenters. The number of ether oxygens (including phenoxy) is 1. The number of anilines is 1. The van der Waals surface area contributed by atoms with Crippen molar-refractivity contribution in [1.82, 2.24) is 4.90 Å². The van der Waals surface area contributed by atoms with Crippen molar-refractivity contribution in [1.29, 1.82) is 0 Å². The number of carbonyl (C=O) groups is 2. The Morgan fingerprint density at radius 1 is 1.50 bits per heavy atom. The van der Waals surface area contributed by atoms with Crippen molar-refractivity contribution < 1.29 is 14.3 Å². The van der Waals surface area contributed by atoms with Gasteiger partial charge in [-0.15, -0.1) is 0 Å². The summed E-state index contributed by atoms with van der Waals surface area (Å²) in [5.74, 6) is 0.724. The van der Waals surface area contributed by atoms with E-state index in [1.165, 1.54) is 0 Å². The first-order valence-electron chi connectivity index (χ1n) is 7.66. The van der Waals surface area contributed by atoms with Gasteiger partial charge in [0.15, 0.2) is 6.61 Å². The predicted molar refractivity (Wildman–Crippen MR) is 82.8 cm³/mol. The SMILES string of the molecule is CC(N)C1CCCN(C(=O)c2ccc3c(c2)NC(=O)CO3)C1. The number of amides is 2. The third-order valence-electron chi connectivity index (χ3n) is 4.35. The molecule has 3 rings (SSSR count). The summed E-state index contributed by atoms with van der Waals surface area (Å²) in [6.07, 6.45) is 2.04. The monoisotopic (exact) mass is 303 g/mol. The molecule has 6 heteroatoms. The Labute approximate surface area is 129 Å². The Hall–Kier alpha value is -2.08. The van der Waals surface area contributed by atoms with Crippen LogP contribution >= 0.6 is 0 Å². The van der Waals surface area contributed by atoms with Crippen molar-refractivity contribution in [2.45, 2.75) is 25.8 Å². The molecule has 22 heavy (non-hydrogen) atoms. The van der Waals surface area contributed by atoms with Crippen LogP contribution in [0.25, 0.3) is 0 Å². The largest absolute Gasteiger partial charge is 0.482 e. The highest BCUT2D eigenvalue weighted by atomic mass is 16.5. The van der Waals surface area contributed by atoms with Crippen LogP contribution in [0, 0.1) is 5.92 Å². The van der Waals surface area contributed by atoms with Gasteiger partial charge in [-0.3, -0.25) is 9.59 Å². The minimum atomic E-state index is -0.202. The van der Waals surface area contributed by atoms with E-state index in [2.05, 4.69) is 5.32 Å². The zero-order valence-electron chi connectivity index (χ0n) is 12.7. The average Bonchev–Trinajstić information content (AvgIpc) is 2.53. The first kappa shape index (κ1) is 14.8. The molecule has 0 saturated carbocycles. The fourth-order valence-electron chi connectivity index (χ4n) is 3.02. The van der Waals surface area contributed by atoms with E-state index in [4.69, 9.17) is 10.5 Å². The molecule has 2 aliphatic heterocycles. The minimum absolute atomic E-state index is 0.0164. The third kappa shape index (κ3) is 2.92. The van der Waals surface area contributed by atoms with E-state index in [1.807, 2.05) is 11.8 Å². The molecule has 118 valence electrons. The Kier molecular flexibility index (Phi) is 4.02. The molecule has 1 aromatic rings. The second kappa shape index (κ2) is 5.96. The van der Waals surface area contributed by atoms with Gasteiger partial charge in [-0.1, -0.05) is 0 Å². The molecular formula is C16H21N3O3. The van der Waals surface area contributed by atoms with Gasteiger partial charge < -0.3 is 20.7 Å². The highest BCUT2D eigenvalue weighted by Crippen LogP contribution is 2.29. The maximum absolute atomic E-state index is 12.7. The number of nitrogens with one attached hydrogen (secondary N) is 1. The summed E-state index contributed by atoms with van der Waals surface area (Å²) in [6, 6.07) is 5.25. The first-order valence-corrected chi connectivity index (χ1v) is 7.66. The molecule has 2 aliphatic rings. The number of rotatable bonds is 2. The van der Waals surface area contributed by atoms with Gasteiger partial charge in [0.25, 0.3) is 11.8 Å². The van der Waals surface area contributed by atoms with Gasteiger partial charge in [-0.25, -0.2) is 0 Å². The summed E-state index contributed by atoms with van der Waals surface area (Å²) in [5, 5.41) is 2.73. The Morgan fingerprint density at radius 3 is 3.09 bits per heavy atom. The summed E-state index contributed by atoms with van der Waals surface area (Å²) >= 11 is 0. The summed E-state index contributed by atoms with van der Waals surface area (Å²) in [5.41, 5.74) is 7.10. The van der Waals surface area contributed by atoms with E-state index in [0.717, 1.165) is 19.4 Å². The number of nitrogens with two attached hydrogens (primary N) is 1. The van der Waals surface area contributed by atoms with Crippen molar-refractivity contribution in [3.63, 3.8) is 0 Å². The maximum Gasteiger partial charge on any atom is 0.262 e. The van der Waals surface area contributed by atoms with Gasteiger partial charge in [0.1, 0.15) is 5.75 Å². The summed E-state index contributed by atoms with van der Waals surface area (Å²) in [4.78, 5) is 25.9. The van der Waals surface area contributed by atoms with Crippen LogP contribution in [0.1, 0.15) is 30.1 Å². The molecule has 2 heterocycles. The number of carbonyl (C=O) groups excluding carboxylic acids is 2. The highest BCUT2D eigenvalue weighted by molar-refractivity contribution is 5.99. The van der Waals surface area contributed by atoms with Gasteiger partial charge in [-0.05, 0) is 43.9 Å². The quantitative estimate of drug-likeness (QED) is 0.860. The van der Waals surface area contributed by atoms with Crippen LogP contribution in [0.3, 0.4) is 0 Å². The van der Waals surface area contributed by atoms with Gasteiger partial charge >= 0.3 is 0 Å². The Bertz CT molecular complexity index is 600. The molecular weight excluding hydrogens is 282 g/mol. The molecule has 0 radical (unpaired) electrons. The van der Waals surface area contributed by atoms with Gasteiger partial charge in [-0.2, -0.15) is 0 Å². The normalized spacial score (nSPS) is 22.4. The van der Waals surface area contributed by atoms with E-state index >= 15 is 0 Å². The van der Waals surface area contributed by atoms with Crippen LogP contribution < -0.4 is 15.8 Å². The van der Waals surface area contributed by atoms with Crippen molar-refractivity contribution >= 4 is 17.5 Å². The molecule has 6 nitrogen and oxygen atoms in total. The van der Waals surface area contributed by atoms with Gasteiger partial charge in [0.05, 0.1) is 5.69 Å². The van der Waals surface area contributed by atoms with E-state index in [-0.39, 0.29) is 24.5 Å². The number of fused-ring (bicyclic) bond motifs is 1. The van der Waals surface area contributed by atoms with E-state index in [9.17, 15) is 9.59 Å². The molecule has 0 bridgehead atoms. The second-order valence-corrected chi connectivity index (χ2v) is 6.06. The average molecular weight is 303 g/mol. The predicted octanol–water partition coefficient (Wildman–Crippen LogP) is 1.22. The topological polar surface area (TPSA) is 84.7 Å². The van der Waals surface area contributed by atoms with Gasteiger partial charge in [0, 0.05) is 24.7 Å². The smallest absolute Gasteiger partial charge is 0.262 e. The zero-order valence-corrected chi connectivity index (χ0v) is 12.7. The molecule has 0 aromatic heterocycles. The number of nitrogens with zero attached hydrogens (tertiary/aromatic N) is 1. The molecule has 3 N–H and O–H groups in total. The van der Waals surface area contributed by atoms with Crippen LogP contribution in [0.15, 0.2) is 18.2 Å². The Balaban J connectivity index is 1.77. The third-order valence-corrected chi connectivity index (χ3v) is 4.35. The fraction of sp³-hybridized carbons (Fsp3) is 0.500. The number of hydrogen-bond donors (Lipinski definition) is 2. The lowest BCUT2D eigenvalue weighted by atomic mass is 9.92. The lowest BCUT2D eigenvalue weighted by Gasteiger charge is -2.34. The fourth-order valence-corrected chi connectivity index (χ4v) is 3.02. The lowest BCUT2D eigenvalue weighted by Crippen LogP contribution is -2.45. The van der Waals surface area contributed by atoms with Gasteiger partial charge in [0.2, 0.25) is 0 Å². The van der Waals surface area contributed by atoms with Crippen LogP contribution in [0.2, 0.25) is 0 Å². The molecule has 1 saturated heterocycles. The Morgan fingerprint density at radius 2 is 2.32 bits per heavy atom. The van der Waals surface area contributed by atoms with Crippen LogP contribution in [-0.4, -0.2) is 42.5 Å². The maximum atomic E-state index is 12.7.